The van der Waals surface area contributed by atoms with E-state index in [2.05, 4.69) is 27.5 Å². The smallest absolute Gasteiger partial charge is 0.129 e. The third-order valence-corrected chi connectivity index (χ3v) is 3.28. The van der Waals surface area contributed by atoms with E-state index in [1.165, 1.54) is 12.8 Å². The molecule has 0 unspecified atom stereocenters. The fraction of sp³-hybridized carbons (Fsp3) is 0.667. The molecule has 0 bridgehead atoms. The van der Waals surface area contributed by atoms with Crippen LogP contribution in [0.5, 0.6) is 0 Å². The summed E-state index contributed by atoms with van der Waals surface area (Å²) in [5, 5.41) is 6.81. The van der Waals surface area contributed by atoms with Gasteiger partial charge in [0.25, 0.3) is 0 Å². The van der Waals surface area contributed by atoms with Gasteiger partial charge in [0.1, 0.15) is 11.6 Å². The van der Waals surface area contributed by atoms with Crippen molar-refractivity contribution in [1.29, 1.82) is 0 Å². The summed E-state index contributed by atoms with van der Waals surface area (Å²) in [6.45, 7) is 7.50. The zero-order valence-electron chi connectivity index (χ0n) is 10.1. The van der Waals surface area contributed by atoms with Crippen molar-refractivity contribution in [2.45, 2.75) is 26.7 Å². The number of hydrogen-bond acceptors (Lipinski definition) is 4. The van der Waals surface area contributed by atoms with Gasteiger partial charge in [0.15, 0.2) is 0 Å². The minimum absolute atomic E-state index is 0.393. The van der Waals surface area contributed by atoms with E-state index >= 15 is 0 Å². The molecule has 1 aromatic heterocycles. The predicted octanol–water partition coefficient (Wildman–Crippen LogP) is 1.59. The van der Waals surface area contributed by atoms with Crippen molar-refractivity contribution in [1.82, 2.24) is 15.3 Å². The van der Waals surface area contributed by atoms with Gasteiger partial charge in [0.2, 0.25) is 0 Å². The molecule has 0 radical (unpaired) electrons. The second-order valence-electron chi connectivity index (χ2n) is 4.90. The predicted molar refractivity (Wildman–Crippen MR) is 65.5 cm³/mol. The standard InChI is InChI=1S/C12H20N4/c1-10-14-6-3-11(16-10)15-9-12(2)4-7-13-8-5-12/h3,6,13H,4-5,7-9H2,1-2H3,(H,14,15,16). The average Bonchev–Trinajstić information content (AvgIpc) is 2.28. The Kier molecular flexibility index (Phi) is 3.39. The van der Waals surface area contributed by atoms with Crippen molar-refractivity contribution in [2.75, 3.05) is 25.0 Å². The summed E-state index contributed by atoms with van der Waals surface area (Å²) in [6, 6.07) is 1.93. The van der Waals surface area contributed by atoms with Crippen LogP contribution in [0.4, 0.5) is 5.82 Å². The maximum absolute atomic E-state index is 4.35. The molecule has 4 heteroatoms. The molecule has 0 atom stereocenters. The molecule has 1 aliphatic rings. The first kappa shape index (κ1) is 11.3. The normalized spacial score (nSPS) is 19.4. The fourth-order valence-corrected chi connectivity index (χ4v) is 2.07. The van der Waals surface area contributed by atoms with Gasteiger partial charge < -0.3 is 10.6 Å². The van der Waals surface area contributed by atoms with Crippen LogP contribution < -0.4 is 10.6 Å². The van der Waals surface area contributed by atoms with Crippen molar-refractivity contribution >= 4 is 5.82 Å². The third-order valence-electron chi connectivity index (χ3n) is 3.28. The summed E-state index contributed by atoms with van der Waals surface area (Å²) in [4.78, 5) is 8.44. The van der Waals surface area contributed by atoms with Crippen LogP contribution in [0.1, 0.15) is 25.6 Å². The number of nitrogens with zero attached hydrogens (tertiary/aromatic N) is 2. The molecule has 2 heterocycles. The highest BCUT2D eigenvalue weighted by molar-refractivity contribution is 5.33. The monoisotopic (exact) mass is 220 g/mol. The molecule has 0 aliphatic carbocycles. The highest BCUT2D eigenvalue weighted by Crippen LogP contribution is 2.27. The lowest BCUT2D eigenvalue weighted by atomic mass is 9.81. The minimum Gasteiger partial charge on any atom is -0.369 e. The molecule has 1 aliphatic heterocycles. The van der Waals surface area contributed by atoms with E-state index in [-0.39, 0.29) is 0 Å². The van der Waals surface area contributed by atoms with Gasteiger partial charge in [-0.25, -0.2) is 9.97 Å². The van der Waals surface area contributed by atoms with Gasteiger partial charge in [-0.2, -0.15) is 0 Å². The maximum Gasteiger partial charge on any atom is 0.129 e. The molecule has 4 nitrogen and oxygen atoms in total. The SMILES string of the molecule is Cc1nccc(NCC2(C)CCNCC2)n1. The van der Waals surface area contributed by atoms with Gasteiger partial charge in [-0.05, 0) is 44.3 Å². The molecule has 1 aromatic rings. The fourth-order valence-electron chi connectivity index (χ4n) is 2.07. The van der Waals surface area contributed by atoms with Crippen molar-refractivity contribution in [3.63, 3.8) is 0 Å². The van der Waals surface area contributed by atoms with Crippen molar-refractivity contribution in [3.05, 3.63) is 18.1 Å². The lowest BCUT2D eigenvalue weighted by Crippen LogP contribution is -2.39. The largest absolute Gasteiger partial charge is 0.369 e. The molecule has 2 rings (SSSR count). The molecule has 2 N–H and O–H groups in total. The molecule has 0 saturated carbocycles. The zero-order valence-corrected chi connectivity index (χ0v) is 10.1. The van der Waals surface area contributed by atoms with Crippen LogP contribution in [0.2, 0.25) is 0 Å². The van der Waals surface area contributed by atoms with E-state index in [0.29, 0.717) is 5.41 Å². The number of nitrogens with one attached hydrogen (secondary N) is 2. The molecule has 1 fully saturated rings. The summed E-state index contributed by atoms with van der Waals surface area (Å²) in [5.41, 5.74) is 0.393. The first-order valence-corrected chi connectivity index (χ1v) is 5.92. The van der Waals surface area contributed by atoms with Crippen LogP contribution in [0.15, 0.2) is 12.3 Å². The minimum atomic E-state index is 0.393. The van der Waals surface area contributed by atoms with E-state index < -0.39 is 0 Å². The Labute approximate surface area is 96.9 Å². The van der Waals surface area contributed by atoms with Gasteiger partial charge in [-0.15, -0.1) is 0 Å². The first-order chi connectivity index (χ1) is 7.68. The topological polar surface area (TPSA) is 49.8 Å². The van der Waals surface area contributed by atoms with E-state index in [1.807, 2.05) is 13.0 Å². The highest BCUT2D eigenvalue weighted by Gasteiger charge is 2.26. The van der Waals surface area contributed by atoms with Crippen LogP contribution in [-0.2, 0) is 0 Å². The number of anilines is 1. The summed E-state index contributed by atoms with van der Waals surface area (Å²) in [6.07, 6.45) is 4.25. The second-order valence-corrected chi connectivity index (χ2v) is 4.90. The molecular formula is C12H20N4. The van der Waals surface area contributed by atoms with E-state index in [0.717, 1.165) is 31.3 Å². The van der Waals surface area contributed by atoms with E-state index in [4.69, 9.17) is 0 Å². The zero-order chi connectivity index (χ0) is 11.4. The summed E-state index contributed by atoms with van der Waals surface area (Å²) in [5.74, 6) is 1.76. The molecule has 88 valence electrons. The Balaban J connectivity index is 1.91. The Morgan fingerprint density at radius 3 is 2.88 bits per heavy atom. The molecule has 0 spiro atoms. The quantitative estimate of drug-likeness (QED) is 0.812. The Hall–Kier alpha value is -1.16. The van der Waals surface area contributed by atoms with Crippen LogP contribution in [0, 0.1) is 12.3 Å². The maximum atomic E-state index is 4.35. The first-order valence-electron chi connectivity index (χ1n) is 5.92. The lowest BCUT2D eigenvalue weighted by Gasteiger charge is -2.34. The summed E-state index contributed by atoms with van der Waals surface area (Å²) < 4.78 is 0. The lowest BCUT2D eigenvalue weighted by molar-refractivity contribution is 0.247. The van der Waals surface area contributed by atoms with E-state index in [1.54, 1.807) is 6.20 Å². The van der Waals surface area contributed by atoms with Gasteiger partial charge in [-0.3, -0.25) is 0 Å². The van der Waals surface area contributed by atoms with Gasteiger partial charge in [0, 0.05) is 12.7 Å². The van der Waals surface area contributed by atoms with Crippen molar-refractivity contribution in [3.8, 4) is 0 Å². The Bertz CT molecular complexity index is 345. The van der Waals surface area contributed by atoms with Crippen LogP contribution in [-0.4, -0.2) is 29.6 Å². The number of hydrogen-bond donors (Lipinski definition) is 2. The third kappa shape index (κ3) is 2.92. The Morgan fingerprint density at radius 1 is 1.44 bits per heavy atom. The molecule has 0 aromatic carbocycles. The number of aromatic nitrogens is 2. The number of rotatable bonds is 3. The van der Waals surface area contributed by atoms with Gasteiger partial charge >= 0.3 is 0 Å². The van der Waals surface area contributed by atoms with Crippen molar-refractivity contribution in [2.24, 2.45) is 5.41 Å². The second kappa shape index (κ2) is 4.78. The van der Waals surface area contributed by atoms with Crippen LogP contribution >= 0.6 is 0 Å². The van der Waals surface area contributed by atoms with E-state index in [9.17, 15) is 0 Å². The highest BCUT2D eigenvalue weighted by atomic mass is 15.0. The molecule has 0 amide bonds. The number of aryl methyl sites for hydroxylation is 1. The van der Waals surface area contributed by atoms with Crippen LogP contribution in [0.25, 0.3) is 0 Å². The Morgan fingerprint density at radius 2 is 2.19 bits per heavy atom. The van der Waals surface area contributed by atoms with Crippen LogP contribution in [0.3, 0.4) is 0 Å². The van der Waals surface area contributed by atoms with Crippen molar-refractivity contribution < 1.29 is 0 Å². The van der Waals surface area contributed by atoms with Gasteiger partial charge in [0.05, 0.1) is 0 Å². The number of piperidine rings is 1. The molecular weight excluding hydrogens is 200 g/mol. The average molecular weight is 220 g/mol. The summed E-state index contributed by atoms with van der Waals surface area (Å²) >= 11 is 0. The molecule has 1 saturated heterocycles. The van der Waals surface area contributed by atoms with Gasteiger partial charge in [-0.1, -0.05) is 6.92 Å². The molecule has 16 heavy (non-hydrogen) atoms. The summed E-state index contributed by atoms with van der Waals surface area (Å²) in [7, 11) is 0.